The van der Waals surface area contributed by atoms with Crippen molar-refractivity contribution in [2.45, 2.75) is 37.5 Å². The number of nitrogens with zero attached hydrogens (tertiary/aromatic N) is 1. The van der Waals surface area contributed by atoms with Crippen LogP contribution < -0.4 is 5.32 Å². The lowest BCUT2D eigenvalue weighted by molar-refractivity contribution is -0.404. The van der Waals surface area contributed by atoms with Crippen LogP contribution in [0, 0.1) is 16.0 Å². The van der Waals surface area contributed by atoms with E-state index < -0.39 is 34.7 Å². The first-order valence-electron chi connectivity index (χ1n) is 9.56. The van der Waals surface area contributed by atoms with Gasteiger partial charge in [0.2, 0.25) is 6.20 Å². The van der Waals surface area contributed by atoms with Crippen LogP contribution in [-0.4, -0.2) is 59.8 Å². The summed E-state index contributed by atoms with van der Waals surface area (Å²) in [5.74, 6) is -2.09. The highest BCUT2D eigenvalue weighted by Gasteiger charge is 2.38. The molecule has 2 fully saturated rings. The Morgan fingerprint density at radius 1 is 1.28 bits per heavy atom. The lowest BCUT2D eigenvalue weighted by Crippen LogP contribution is -2.47. The SMILES string of the molecule is O=C(/C(=C/[N+](=O)[O-])C1COCC(Cc2ccccc2)O1)C1CCNC(C(=O)O)C1. The smallest absolute Gasteiger partial charge is 0.320 e. The molecule has 2 N–H and O–H groups in total. The third-order valence-electron chi connectivity index (χ3n) is 5.18. The minimum Gasteiger partial charge on any atom is -0.480 e. The first kappa shape index (κ1) is 21.1. The number of carbonyl (C=O) groups is 2. The average molecular weight is 404 g/mol. The Kier molecular flexibility index (Phi) is 7.08. The van der Waals surface area contributed by atoms with E-state index in [2.05, 4.69) is 5.32 Å². The van der Waals surface area contributed by atoms with Crippen molar-refractivity contribution >= 4 is 11.8 Å². The summed E-state index contributed by atoms with van der Waals surface area (Å²) in [6, 6.07) is 8.79. The second-order valence-corrected chi connectivity index (χ2v) is 7.27. The number of nitrogens with one attached hydrogen (secondary N) is 1. The number of ketones is 1. The van der Waals surface area contributed by atoms with Gasteiger partial charge in [-0.25, -0.2) is 0 Å². The predicted octanol–water partition coefficient (Wildman–Crippen LogP) is 1.20. The van der Waals surface area contributed by atoms with Gasteiger partial charge in [0.15, 0.2) is 5.78 Å². The molecule has 156 valence electrons. The second-order valence-electron chi connectivity index (χ2n) is 7.27. The van der Waals surface area contributed by atoms with E-state index >= 15 is 0 Å². The van der Waals surface area contributed by atoms with Crippen molar-refractivity contribution in [3.05, 3.63) is 57.8 Å². The first-order chi connectivity index (χ1) is 13.9. The highest BCUT2D eigenvalue weighted by atomic mass is 16.6. The van der Waals surface area contributed by atoms with Gasteiger partial charge in [0.25, 0.3) is 0 Å². The number of rotatable bonds is 7. The molecule has 0 bridgehead atoms. The standard InChI is InChI=1S/C20H24N2O7/c23-19(14-6-7-21-17(9-14)20(24)25)16(10-22(26)27)18-12-28-11-15(29-18)8-13-4-2-1-3-5-13/h1-5,10,14-15,17-18,21H,6-9,11-12H2,(H,24,25)/b16-10+. The molecule has 3 rings (SSSR count). The highest BCUT2D eigenvalue weighted by Crippen LogP contribution is 2.26. The maximum atomic E-state index is 13.0. The molecule has 9 nitrogen and oxygen atoms in total. The number of carbonyl (C=O) groups excluding carboxylic acids is 1. The van der Waals surface area contributed by atoms with Gasteiger partial charge in [-0.15, -0.1) is 0 Å². The highest BCUT2D eigenvalue weighted by molar-refractivity contribution is 5.98. The summed E-state index contributed by atoms with van der Waals surface area (Å²) in [4.78, 5) is 34.8. The van der Waals surface area contributed by atoms with E-state index in [-0.39, 0.29) is 24.7 Å². The molecule has 0 spiro atoms. The van der Waals surface area contributed by atoms with Gasteiger partial charge in [-0.1, -0.05) is 30.3 Å². The number of ether oxygens (including phenoxy) is 2. The van der Waals surface area contributed by atoms with Crippen LogP contribution in [0.1, 0.15) is 18.4 Å². The number of carboxylic acid groups (broad SMARTS) is 1. The number of Topliss-reactive ketones (excluding diaryl/α,β-unsaturated/α-hetero) is 1. The van der Waals surface area contributed by atoms with Crippen LogP contribution in [0.15, 0.2) is 42.1 Å². The molecule has 2 aliphatic rings. The zero-order chi connectivity index (χ0) is 20.8. The van der Waals surface area contributed by atoms with Crippen LogP contribution in [0.2, 0.25) is 0 Å². The lowest BCUT2D eigenvalue weighted by atomic mass is 9.84. The Bertz CT molecular complexity index is 780. The van der Waals surface area contributed by atoms with Crippen molar-refractivity contribution in [3.8, 4) is 0 Å². The Morgan fingerprint density at radius 2 is 2.03 bits per heavy atom. The van der Waals surface area contributed by atoms with E-state index in [9.17, 15) is 24.8 Å². The molecule has 4 atom stereocenters. The molecule has 2 saturated heterocycles. The van der Waals surface area contributed by atoms with Gasteiger partial charge in [0.05, 0.1) is 29.8 Å². The van der Waals surface area contributed by atoms with Crippen LogP contribution in [0.5, 0.6) is 0 Å². The molecule has 9 heteroatoms. The third kappa shape index (κ3) is 5.69. The molecule has 0 aromatic heterocycles. The van der Waals surface area contributed by atoms with Gasteiger partial charge in [-0.05, 0) is 24.9 Å². The molecule has 2 heterocycles. The van der Waals surface area contributed by atoms with E-state index in [1.807, 2.05) is 30.3 Å². The van der Waals surface area contributed by atoms with Gasteiger partial charge >= 0.3 is 5.97 Å². The van der Waals surface area contributed by atoms with E-state index in [1.54, 1.807) is 0 Å². The fourth-order valence-corrected chi connectivity index (χ4v) is 3.76. The fraction of sp³-hybridized carbons (Fsp3) is 0.500. The van der Waals surface area contributed by atoms with Crippen LogP contribution in [0.3, 0.4) is 0 Å². The van der Waals surface area contributed by atoms with Crippen molar-refractivity contribution in [1.29, 1.82) is 0 Å². The summed E-state index contributed by atoms with van der Waals surface area (Å²) in [5.41, 5.74) is 0.972. The van der Waals surface area contributed by atoms with Crippen LogP contribution in [-0.2, 0) is 25.5 Å². The number of nitro groups is 1. The number of benzene rings is 1. The molecule has 1 aromatic rings. The molecule has 0 radical (unpaired) electrons. The molecule has 2 aliphatic heterocycles. The number of hydrogen-bond acceptors (Lipinski definition) is 7. The first-order valence-corrected chi connectivity index (χ1v) is 9.56. The van der Waals surface area contributed by atoms with Gasteiger partial charge in [-0.3, -0.25) is 19.7 Å². The normalized spacial score (nSPS) is 27.9. The van der Waals surface area contributed by atoms with Gasteiger partial charge < -0.3 is 19.9 Å². The largest absolute Gasteiger partial charge is 0.480 e. The minimum atomic E-state index is -1.04. The summed E-state index contributed by atoms with van der Waals surface area (Å²) >= 11 is 0. The third-order valence-corrected chi connectivity index (χ3v) is 5.18. The predicted molar refractivity (Wildman–Crippen MR) is 102 cm³/mol. The van der Waals surface area contributed by atoms with Crippen LogP contribution in [0.25, 0.3) is 0 Å². The second kappa shape index (κ2) is 9.73. The van der Waals surface area contributed by atoms with Crippen molar-refractivity contribution < 1.29 is 29.1 Å². The molecular weight excluding hydrogens is 380 g/mol. The molecular formula is C20H24N2O7. The summed E-state index contributed by atoms with van der Waals surface area (Å²) in [6.07, 6.45) is 0.556. The lowest BCUT2D eigenvalue weighted by Gasteiger charge is -2.33. The summed E-state index contributed by atoms with van der Waals surface area (Å²) in [6.45, 7) is 0.738. The van der Waals surface area contributed by atoms with Crippen molar-refractivity contribution in [3.63, 3.8) is 0 Å². The average Bonchev–Trinajstić information content (AvgIpc) is 2.72. The Balaban J connectivity index is 1.73. The van der Waals surface area contributed by atoms with E-state index in [0.29, 0.717) is 32.2 Å². The van der Waals surface area contributed by atoms with Gasteiger partial charge in [-0.2, -0.15) is 0 Å². The molecule has 0 saturated carbocycles. The summed E-state index contributed by atoms with van der Waals surface area (Å²) < 4.78 is 11.6. The maximum Gasteiger partial charge on any atom is 0.320 e. The van der Waals surface area contributed by atoms with Gasteiger partial charge in [0.1, 0.15) is 12.1 Å². The van der Waals surface area contributed by atoms with E-state index in [4.69, 9.17) is 9.47 Å². The summed E-state index contributed by atoms with van der Waals surface area (Å²) in [5, 5.41) is 23.2. The molecule has 1 aromatic carbocycles. The number of aliphatic carboxylic acids is 1. The topological polar surface area (TPSA) is 128 Å². The molecule has 0 aliphatic carbocycles. The quantitative estimate of drug-likeness (QED) is 0.394. The zero-order valence-corrected chi connectivity index (χ0v) is 15.9. The molecule has 29 heavy (non-hydrogen) atoms. The number of hydrogen-bond donors (Lipinski definition) is 2. The number of carboxylic acids is 1. The summed E-state index contributed by atoms with van der Waals surface area (Å²) in [7, 11) is 0. The van der Waals surface area contributed by atoms with Gasteiger partial charge in [0, 0.05) is 12.3 Å². The Hall–Kier alpha value is -2.62. The maximum absolute atomic E-state index is 13.0. The molecule has 0 amide bonds. The van der Waals surface area contributed by atoms with Crippen LogP contribution >= 0.6 is 0 Å². The van der Waals surface area contributed by atoms with Crippen molar-refractivity contribution in [2.24, 2.45) is 5.92 Å². The molecule has 4 unspecified atom stereocenters. The fourth-order valence-electron chi connectivity index (χ4n) is 3.76. The minimum absolute atomic E-state index is 0.0457. The van der Waals surface area contributed by atoms with E-state index in [1.165, 1.54) is 0 Å². The van der Waals surface area contributed by atoms with E-state index in [0.717, 1.165) is 5.56 Å². The monoisotopic (exact) mass is 404 g/mol. The Labute approximate surface area is 167 Å². The Morgan fingerprint density at radius 3 is 2.72 bits per heavy atom. The van der Waals surface area contributed by atoms with Crippen LogP contribution in [0.4, 0.5) is 0 Å². The van der Waals surface area contributed by atoms with Crippen molar-refractivity contribution in [1.82, 2.24) is 5.32 Å². The van der Waals surface area contributed by atoms with Crippen molar-refractivity contribution in [2.75, 3.05) is 19.8 Å². The number of piperidine rings is 1. The zero-order valence-electron chi connectivity index (χ0n) is 15.9.